The van der Waals surface area contributed by atoms with Crippen molar-refractivity contribution in [1.29, 1.82) is 0 Å². The van der Waals surface area contributed by atoms with Gasteiger partial charge in [0, 0.05) is 45.7 Å². The van der Waals surface area contributed by atoms with Crippen molar-refractivity contribution >= 4 is 88.5 Å². The maximum Gasteiger partial charge on any atom is 0.159 e. The molecule has 0 spiro atoms. The minimum absolute atomic E-state index is 0.579. The lowest BCUT2D eigenvalue weighted by Gasteiger charge is -2.28. The lowest BCUT2D eigenvalue weighted by molar-refractivity contribution is 0.566. The molecule has 0 bridgehead atoms. The van der Waals surface area contributed by atoms with Crippen molar-refractivity contribution in [3.05, 3.63) is 163 Å². The molecule has 0 atom stereocenters. The van der Waals surface area contributed by atoms with Crippen LogP contribution in [0.1, 0.15) is 0 Å². The number of fused-ring (bicyclic) bond motifs is 11. The van der Waals surface area contributed by atoms with Crippen LogP contribution >= 0.6 is 0 Å². The van der Waals surface area contributed by atoms with Crippen LogP contribution in [-0.2, 0) is 0 Å². The lowest BCUT2D eigenvalue weighted by Crippen LogP contribution is -2.40. The molecule has 0 unspecified atom stereocenters. The minimum atomic E-state index is 0.579. The van der Waals surface area contributed by atoms with Crippen LogP contribution in [0.4, 0.5) is 11.4 Å². The molecule has 0 saturated carbocycles. The molecule has 0 aliphatic carbocycles. The first kappa shape index (κ1) is 28.0. The molecule has 1 aliphatic rings. The molecule has 3 aromatic heterocycles. The van der Waals surface area contributed by atoms with Gasteiger partial charge in [0.15, 0.2) is 11.0 Å². The third kappa shape index (κ3) is 4.18. The van der Waals surface area contributed by atoms with Gasteiger partial charge in [-0.05, 0) is 79.8 Å². The Hall–Kier alpha value is -6.85. The molecular formula is C46H29N3O2. The number of furan rings is 2. The molecule has 51 heavy (non-hydrogen) atoms. The maximum absolute atomic E-state index is 6.62. The summed E-state index contributed by atoms with van der Waals surface area (Å²) in [5, 5.41) is 15.2. The van der Waals surface area contributed by atoms with E-state index in [9.17, 15) is 0 Å². The van der Waals surface area contributed by atoms with Gasteiger partial charge in [0.25, 0.3) is 0 Å². The number of anilines is 2. The summed E-state index contributed by atoms with van der Waals surface area (Å²) in [5.41, 5.74) is 8.63. The van der Waals surface area contributed by atoms with Gasteiger partial charge in [0.2, 0.25) is 0 Å². The third-order valence-electron chi connectivity index (χ3n) is 10.4. The Bertz CT molecular complexity index is 3150. The molecule has 5 nitrogen and oxygen atoms in total. The molecule has 0 saturated heterocycles. The highest BCUT2D eigenvalue weighted by Gasteiger charge is 2.25. The Morgan fingerprint density at radius 1 is 0.569 bits per heavy atom. The molecule has 0 amide bonds. The van der Waals surface area contributed by atoms with E-state index in [1.165, 1.54) is 37.9 Å². The zero-order valence-corrected chi connectivity index (χ0v) is 27.4. The summed E-state index contributed by atoms with van der Waals surface area (Å²) in [4.78, 5) is 6.69. The quantitative estimate of drug-likeness (QED) is 0.191. The van der Waals surface area contributed by atoms with Crippen molar-refractivity contribution < 1.29 is 8.83 Å². The van der Waals surface area contributed by atoms with Crippen molar-refractivity contribution in [2.75, 3.05) is 11.4 Å². The summed E-state index contributed by atoms with van der Waals surface area (Å²) < 4.78 is 13.2. The van der Waals surface area contributed by atoms with Gasteiger partial charge >= 0.3 is 0 Å². The highest BCUT2D eigenvalue weighted by Crippen LogP contribution is 2.42. The van der Waals surface area contributed by atoms with Crippen LogP contribution in [0.5, 0.6) is 0 Å². The van der Waals surface area contributed by atoms with Gasteiger partial charge in [-0.1, -0.05) is 103 Å². The minimum Gasteiger partial charge on any atom is -0.454 e. The highest BCUT2D eigenvalue weighted by atomic mass is 16.3. The largest absolute Gasteiger partial charge is 0.454 e. The maximum atomic E-state index is 6.62. The Morgan fingerprint density at radius 2 is 1.31 bits per heavy atom. The molecule has 0 radical (unpaired) electrons. The molecular weight excluding hydrogens is 627 g/mol. The normalized spacial score (nSPS) is 12.9. The van der Waals surface area contributed by atoms with E-state index in [0.717, 1.165) is 66.2 Å². The molecule has 5 heteroatoms. The van der Waals surface area contributed by atoms with E-state index in [0.29, 0.717) is 6.54 Å². The number of pyridine rings is 1. The fraction of sp³-hybridized carbons (Fsp3) is 0.0217. The summed E-state index contributed by atoms with van der Waals surface area (Å²) in [7, 11) is 0. The predicted octanol–water partition coefficient (Wildman–Crippen LogP) is 10.1. The average Bonchev–Trinajstić information content (AvgIpc) is 3.77. The summed E-state index contributed by atoms with van der Waals surface area (Å²) in [6.45, 7) is 0.579. The summed E-state index contributed by atoms with van der Waals surface area (Å²) >= 11 is 0. The van der Waals surface area contributed by atoms with Crippen molar-refractivity contribution in [3.8, 4) is 11.1 Å². The average molecular weight is 656 g/mol. The second-order valence-corrected chi connectivity index (χ2v) is 13.2. The van der Waals surface area contributed by atoms with E-state index < -0.39 is 0 Å². The van der Waals surface area contributed by atoms with Crippen LogP contribution in [-0.4, -0.2) is 11.5 Å². The highest BCUT2D eigenvalue weighted by molar-refractivity contribution is 6.21. The van der Waals surface area contributed by atoms with Crippen LogP contribution < -0.4 is 20.9 Å². The monoisotopic (exact) mass is 655 g/mol. The van der Waals surface area contributed by atoms with Crippen LogP contribution in [0.3, 0.4) is 0 Å². The van der Waals surface area contributed by atoms with E-state index in [1.54, 1.807) is 6.20 Å². The van der Waals surface area contributed by atoms with E-state index in [-0.39, 0.29) is 0 Å². The Balaban J connectivity index is 1.16. The van der Waals surface area contributed by atoms with Crippen molar-refractivity contribution in [1.82, 2.24) is 10.3 Å². The Morgan fingerprint density at radius 3 is 2.22 bits per heavy atom. The first-order valence-corrected chi connectivity index (χ1v) is 17.2. The SMILES string of the molecule is C1=c2c(oc3ccccc23)=C(N(c2ccc(-c3cc4c5ccccc5ccc4c4ccccc34)cc2)c2cccc3c2oc2ccncc23)CN1. The second-order valence-electron chi connectivity index (χ2n) is 13.2. The van der Waals surface area contributed by atoms with Gasteiger partial charge in [-0.25, -0.2) is 0 Å². The second kappa shape index (κ2) is 10.8. The van der Waals surface area contributed by atoms with Crippen molar-refractivity contribution in [2.24, 2.45) is 0 Å². The van der Waals surface area contributed by atoms with E-state index in [1.807, 2.05) is 24.4 Å². The standard InChI is InChI=1S/C46H29N3O2/c1-2-9-31-28(8-1)18-21-34-32-10-3-4-11-33(32)37(24-38(31)34)29-16-19-30(20-17-29)49(41-14-7-13-36-39-25-47-23-22-44(39)51-45(36)41)42-27-48-26-40-35-12-5-6-15-43(35)50-46(40)42/h1-26,48H,27H2. The summed E-state index contributed by atoms with van der Waals surface area (Å²) in [5.74, 6) is 0. The zero-order chi connectivity index (χ0) is 33.5. The van der Waals surface area contributed by atoms with Crippen LogP contribution in [0.15, 0.2) is 161 Å². The first-order chi connectivity index (χ1) is 25.3. The number of rotatable bonds is 4. The van der Waals surface area contributed by atoms with Crippen LogP contribution in [0.25, 0.3) is 88.2 Å². The number of nitrogens with one attached hydrogen (secondary N) is 1. The molecule has 7 aromatic carbocycles. The zero-order valence-electron chi connectivity index (χ0n) is 27.4. The molecule has 1 aliphatic heterocycles. The molecule has 0 fully saturated rings. The summed E-state index contributed by atoms with van der Waals surface area (Å²) in [6, 6.07) is 49.6. The number of hydrogen-bond acceptors (Lipinski definition) is 5. The smallest absolute Gasteiger partial charge is 0.159 e. The van der Waals surface area contributed by atoms with Crippen molar-refractivity contribution in [3.63, 3.8) is 0 Å². The van der Waals surface area contributed by atoms with Crippen LogP contribution in [0.2, 0.25) is 0 Å². The molecule has 1 N–H and O–H groups in total. The first-order valence-electron chi connectivity index (χ1n) is 17.2. The fourth-order valence-electron chi connectivity index (χ4n) is 8.07. The predicted molar refractivity (Wildman–Crippen MR) is 209 cm³/mol. The number of benzene rings is 7. The fourth-order valence-corrected chi connectivity index (χ4v) is 8.07. The summed E-state index contributed by atoms with van der Waals surface area (Å²) in [6.07, 6.45) is 5.72. The Kier molecular flexibility index (Phi) is 5.95. The van der Waals surface area contributed by atoms with Crippen molar-refractivity contribution in [2.45, 2.75) is 0 Å². The van der Waals surface area contributed by atoms with Gasteiger partial charge in [-0.2, -0.15) is 0 Å². The number of hydrogen-bond donors (Lipinski definition) is 1. The Labute approximate surface area is 292 Å². The third-order valence-corrected chi connectivity index (χ3v) is 10.4. The molecule has 240 valence electrons. The van der Waals surface area contributed by atoms with Gasteiger partial charge in [0.1, 0.15) is 11.2 Å². The van der Waals surface area contributed by atoms with Gasteiger partial charge in [0.05, 0.1) is 17.9 Å². The van der Waals surface area contributed by atoms with Gasteiger partial charge in [-0.15, -0.1) is 0 Å². The van der Waals surface area contributed by atoms with E-state index in [2.05, 4.69) is 143 Å². The lowest BCUT2D eigenvalue weighted by atomic mass is 9.91. The molecule has 11 rings (SSSR count). The van der Waals surface area contributed by atoms with E-state index in [4.69, 9.17) is 8.83 Å². The van der Waals surface area contributed by atoms with Crippen LogP contribution in [0, 0.1) is 0 Å². The van der Waals surface area contributed by atoms with Gasteiger partial charge in [-0.3, -0.25) is 4.98 Å². The number of aromatic nitrogens is 1. The number of para-hydroxylation sites is 2. The number of nitrogens with zero attached hydrogens (tertiary/aromatic N) is 2. The molecule has 4 heterocycles. The van der Waals surface area contributed by atoms with E-state index >= 15 is 0 Å². The van der Waals surface area contributed by atoms with Gasteiger partial charge < -0.3 is 19.1 Å². The molecule has 10 aromatic rings. The topological polar surface area (TPSA) is 54.4 Å².